The van der Waals surface area contributed by atoms with Gasteiger partial charge in [-0.2, -0.15) is 0 Å². The molecular formula is C67H57IrN3O-2. The van der Waals surface area contributed by atoms with Crippen LogP contribution in [0.15, 0.2) is 199 Å². The molecule has 3 heterocycles. The molecular weight excluding hydrogens is 1050 g/mol. The number of rotatable bonds is 8. The Morgan fingerprint density at radius 2 is 1.31 bits per heavy atom. The summed E-state index contributed by atoms with van der Waals surface area (Å²) in [6.45, 7) is 14.8. The second-order valence-corrected chi connectivity index (χ2v) is 20.1. The number of fused-ring (bicyclic) bond motifs is 8. The molecule has 0 bridgehead atoms. The molecule has 12 rings (SSSR count). The maximum atomic E-state index is 8.21. The summed E-state index contributed by atoms with van der Waals surface area (Å²) in [4.78, 5) is 9.37. The van der Waals surface area contributed by atoms with Crippen LogP contribution in [-0.4, -0.2) is 14.5 Å². The van der Waals surface area contributed by atoms with Gasteiger partial charge in [-0.05, 0) is 131 Å². The van der Waals surface area contributed by atoms with E-state index in [-0.39, 0.29) is 20.1 Å². The summed E-state index contributed by atoms with van der Waals surface area (Å²) in [5.74, 6) is 1.41. The zero-order valence-corrected chi connectivity index (χ0v) is 44.1. The molecule has 5 heteroatoms. The molecule has 0 fully saturated rings. The van der Waals surface area contributed by atoms with E-state index in [0.717, 1.165) is 50.0 Å². The first-order valence-electron chi connectivity index (χ1n) is 25.7. The summed E-state index contributed by atoms with van der Waals surface area (Å²) in [6.07, 6.45) is 4.22. The SMILES string of the molecule is CC(C)c1cc(-c2ccccc2)cc(C(C)C)c1-n1ccnc1-c1[c-]ccc2c1oc1cc3cc(-c4ccccc4)c4ccc5ccccc5c4c3cc12.[2H]C([2H])(c1ccc(-c2[c-]cccc2)nc1)C(C)(C)C.[Ir]. The van der Waals surface area contributed by atoms with Crippen molar-refractivity contribution in [2.75, 3.05) is 0 Å². The summed E-state index contributed by atoms with van der Waals surface area (Å²) in [6, 6.07) is 68.4. The number of imidazole rings is 1. The second-order valence-electron chi connectivity index (χ2n) is 20.1. The number of aromatic nitrogens is 3. The predicted octanol–water partition coefficient (Wildman–Crippen LogP) is 18.4. The quantitative estimate of drug-likeness (QED) is 0.112. The van der Waals surface area contributed by atoms with Gasteiger partial charge in [0.05, 0.1) is 11.4 Å². The molecule has 3 aromatic heterocycles. The van der Waals surface area contributed by atoms with Crippen LogP contribution < -0.4 is 0 Å². The first-order valence-corrected chi connectivity index (χ1v) is 24.7. The van der Waals surface area contributed by atoms with E-state index >= 15 is 0 Å². The van der Waals surface area contributed by atoms with Crippen LogP contribution in [-0.2, 0) is 26.5 Å². The molecule has 0 unspecified atom stereocenters. The Morgan fingerprint density at radius 3 is 1.99 bits per heavy atom. The minimum Gasteiger partial charge on any atom is -0.501 e. The number of benzene rings is 9. The summed E-state index contributed by atoms with van der Waals surface area (Å²) in [5, 5.41) is 9.51. The molecule has 0 aliphatic carbocycles. The van der Waals surface area contributed by atoms with Crippen molar-refractivity contribution in [1.82, 2.24) is 14.5 Å². The summed E-state index contributed by atoms with van der Waals surface area (Å²) in [7, 11) is 0. The fraction of sp³-hybridized carbons (Fsp3) is 0.164. The van der Waals surface area contributed by atoms with E-state index in [9.17, 15) is 0 Å². The third-order valence-corrected chi connectivity index (χ3v) is 13.4. The van der Waals surface area contributed by atoms with Crippen molar-refractivity contribution in [3.63, 3.8) is 0 Å². The number of pyridine rings is 1. The molecule has 72 heavy (non-hydrogen) atoms. The Bertz CT molecular complexity index is 3940. The van der Waals surface area contributed by atoms with Crippen molar-refractivity contribution < 1.29 is 27.3 Å². The molecule has 9 aromatic carbocycles. The van der Waals surface area contributed by atoms with Crippen LogP contribution >= 0.6 is 0 Å². The largest absolute Gasteiger partial charge is 0.501 e. The third kappa shape index (κ3) is 9.32. The zero-order valence-electron chi connectivity index (χ0n) is 43.7. The van der Waals surface area contributed by atoms with Gasteiger partial charge < -0.3 is 14.0 Å². The molecule has 0 amide bonds. The first-order chi connectivity index (χ1) is 35.3. The molecule has 4 nitrogen and oxygen atoms in total. The molecule has 0 saturated carbocycles. The van der Waals surface area contributed by atoms with E-state index in [4.69, 9.17) is 12.1 Å². The molecule has 357 valence electrons. The normalized spacial score (nSPS) is 12.3. The van der Waals surface area contributed by atoms with Gasteiger partial charge in [0.15, 0.2) is 0 Å². The van der Waals surface area contributed by atoms with Crippen LogP contribution in [0.25, 0.3) is 105 Å². The Kier molecular flexibility index (Phi) is 12.7. The second kappa shape index (κ2) is 20.0. The van der Waals surface area contributed by atoms with Crippen molar-refractivity contribution in [3.8, 4) is 50.6 Å². The van der Waals surface area contributed by atoms with Gasteiger partial charge in [-0.15, -0.1) is 54.1 Å². The van der Waals surface area contributed by atoms with Crippen LogP contribution in [0, 0.1) is 17.5 Å². The van der Waals surface area contributed by atoms with Gasteiger partial charge in [-0.1, -0.05) is 169 Å². The zero-order chi connectivity index (χ0) is 50.6. The van der Waals surface area contributed by atoms with Gasteiger partial charge in [0, 0.05) is 52.5 Å². The Balaban J connectivity index is 0.000000265. The van der Waals surface area contributed by atoms with Crippen LogP contribution in [0.4, 0.5) is 0 Å². The van der Waals surface area contributed by atoms with Gasteiger partial charge in [0.2, 0.25) is 0 Å². The predicted molar refractivity (Wildman–Crippen MR) is 298 cm³/mol. The van der Waals surface area contributed by atoms with Crippen molar-refractivity contribution in [3.05, 3.63) is 223 Å². The third-order valence-electron chi connectivity index (χ3n) is 13.4. The van der Waals surface area contributed by atoms with E-state index in [1.807, 2.05) is 69.4 Å². The topological polar surface area (TPSA) is 43.9 Å². The van der Waals surface area contributed by atoms with Gasteiger partial charge in [0.1, 0.15) is 5.58 Å². The van der Waals surface area contributed by atoms with Crippen LogP contribution in [0.1, 0.15) is 79.7 Å². The fourth-order valence-electron chi connectivity index (χ4n) is 10.1. The fourth-order valence-corrected chi connectivity index (χ4v) is 10.1. The molecule has 0 aliphatic heterocycles. The van der Waals surface area contributed by atoms with E-state index in [1.54, 1.807) is 6.20 Å². The molecule has 0 spiro atoms. The van der Waals surface area contributed by atoms with Crippen LogP contribution in [0.5, 0.6) is 0 Å². The number of nitrogens with zero attached hydrogens (tertiary/aromatic N) is 3. The maximum Gasteiger partial charge on any atom is 0.121 e. The standard InChI is InChI=1S/C51H39N2O.C16H18N.Ir/c1-31(2)42-26-36(33-14-7-5-8-15-33)27-43(32(3)4)49(42)53-25-24-52-51(53)41-21-13-20-40-46-30-45-37(29-47(46)54-50(40)41)28-44(34-16-9-6-10-17-34)39-23-22-35-18-11-12-19-38(35)48(39)45;1-16(2,3)11-13-9-10-15(17-12-13)14-7-5-4-6-8-14;/h5-20,22-32H,1-4H3;4-7,9-10,12H,11H2,1-3H3;/q2*-1;/i;11D2;. The van der Waals surface area contributed by atoms with Crippen LogP contribution in [0.3, 0.4) is 0 Å². The van der Waals surface area contributed by atoms with Crippen molar-refractivity contribution in [2.45, 2.75) is 66.7 Å². The summed E-state index contributed by atoms with van der Waals surface area (Å²) >= 11 is 0. The molecule has 0 atom stereocenters. The number of hydrogen-bond acceptors (Lipinski definition) is 3. The van der Waals surface area contributed by atoms with Crippen molar-refractivity contribution >= 4 is 54.3 Å². The Labute approximate surface area is 439 Å². The smallest absolute Gasteiger partial charge is 0.121 e. The molecule has 1 radical (unpaired) electrons. The summed E-state index contributed by atoms with van der Waals surface area (Å²) in [5.41, 5.74) is 13.0. The van der Waals surface area contributed by atoms with Crippen molar-refractivity contribution in [2.24, 2.45) is 5.41 Å². The van der Waals surface area contributed by atoms with Gasteiger partial charge >= 0.3 is 0 Å². The van der Waals surface area contributed by atoms with Crippen LogP contribution in [0.2, 0.25) is 0 Å². The average Bonchev–Trinajstić information content (AvgIpc) is 4.05. The molecule has 12 aromatic rings. The minimum absolute atomic E-state index is 0. The van der Waals surface area contributed by atoms with Gasteiger partial charge in [-0.3, -0.25) is 4.98 Å². The van der Waals surface area contributed by atoms with E-state index in [2.05, 4.69) is 189 Å². The van der Waals surface area contributed by atoms with Gasteiger partial charge in [0.25, 0.3) is 0 Å². The average molecular weight is 1110 g/mol. The molecule has 0 N–H and O–H groups in total. The van der Waals surface area contributed by atoms with Crippen molar-refractivity contribution in [1.29, 1.82) is 0 Å². The molecule has 0 saturated heterocycles. The Hall–Kier alpha value is -7.43. The monoisotopic (exact) mass is 1110 g/mol. The first kappa shape index (κ1) is 45.7. The minimum atomic E-state index is -1.40. The maximum absolute atomic E-state index is 8.21. The van der Waals surface area contributed by atoms with E-state index < -0.39 is 11.8 Å². The Morgan fingerprint density at radius 1 is 0.597 bits per heavy atom. The number of furan rings is 1. The number of hydrogen-bond donors (Lipinski definition) is 0. The van der Waals surface area contributed by atoms with Gasteiger partial charge in [-0.25, -0.2) is 0 Å². The molecule has 0 aliphatic rings. The van der Waals surface area contributed by atoms with E-state index in [1.165, 1.54) is 66.0 Å². The summed E-state index contributed by atoms with van der Waals surface area (Å²) < 4.78 is 25.6. The van der Waals surface area contributed by atoms with E-state index in [0.29, 0.717) is 17.4 Å².